The minimum absolute atomic E-state index is 1.03. The van der Waals surface area contributed by atoms with Gasteiger partial charge in [0.2, 0.25) is 0 Å². The number of fused-ring (bicyclic) bond motifs is 1. The molecule has 1 aliphatic rings. The molecule has 14 heavy (non-hydrogen) atoms. The molecule has 2 rings (SSSR count). The average molecular weight is 188 g/mol. The predicted octanol–water partition coefficient (Wildman–Crippen LogP) is 3.22. The topological polar surface area (TPSA) is 9.23 Å². The van der Waals surface area contributed by atoms with Crippen LogP contribution in [0.5, 0.6) is 5.75 Å². The van der Waals surface area contributed by atoms with E-state index in [1.165, 1.54) is 29.5 Å². The molecule has 1 nitrogen and oxygen atoms in total. The summed E-state index contributed by atoms with van der Waals surface area (Å²) >= 11 is 0. The van der Waals surface area contributed by atoms with E-state index in [0.29, 0.717) is 0 Å². The Morgan fingerprint density at radius 1 is 1.36 bits per heavy atom. The van der Waals surface area contributed by atoms with Crippen molar-refractivity contribution >= 4 is 6.08 Å². The van der Waals surface area contributed by atoms with E-state index >= 15 is 0 Å². The Labute approximate surface area is 85.4 Å². The van der Waals surface area contributed by atoms with Gasteiger partial charge < -0.3 is 4.74 Å². The van der Waals surface area contributed by atoms with Gasteiger partial charge in [0.05, 0.1) is 7.11 Å². The Kier molecular flexibility index (Phi) is 2.58. The Balaban J connectivity index is 2.57. The van der Waals surface area contributed by atoms with Crippen LogP contribution in [0.4, 0.5) is 0 Å². The lowest BCUT2D eigenvalue weighted by Crippen LogP contribution is -2.01. The van der Waals surface area contributed by atoms with Gasteiger partial charge in [-0.2, -0.15) is 0 Å². The summed E-state index contributed by atoms with van der Waals surface area (Å²) in [6.45, 7) is 2.18. The number of methoxy groups -OCH3 is 1. The highest BCUT2D eigenvalue weighted by Crippen LogP contribution is 2.30. The minimum atomic E-state index is 1.03. The van der Waals surface area contributed by atoms with Crippen LogP contribution in [0.25, 0.3) is 6.08 Å². The van der Waals surface area contributed by atoms with Gasteiger partial charge in [-0.25, -0.2) is 0 Å². The van der Waals surface area contributed by atoms with Crippen molar-refractivity contribution in [1.29, 1.82) is 0 Å². The summed E-state index contributed by atoms with van der Waals surface area (Å²) in [5.41, 5.74) is 4.20. The quantitative estimate of drug-likeness (QED) is 0.692. The van der Waals surface area contributed by atoms with Crippen LogP contribution < -0.4 is 4.74 Å². The first-order valence-electron chi connectivity index (χ1n) is 5.22. The third-order valence-corrected chi connectivity index (χ3v) is 2.84. The Bertz CT molecular complexity index is 364. The third kappa shape index (κ3) is 1.43. The molecule has 0 unspecified atom stereocenters. The second-order valence-corrected chi connectivity index (χ2v) is 3.61. The number of benzene rings is 1. The van der Waals surface area contributed by atoms with Gasteiger partial charge in [-0.1, -0.05) is 25.1 Å². The van der Waals surface area contributed by atoms with Gasteiger partial charge in [-0.15, -0.1) is 0 Å². The Morgan fingerprint density at radius 2 is 2.21 bits per heavy atom. The molecule has 0 aliphatic heterocycles. The third-order valence-electron chi connectivity index (χ3n) is 2.84. The highest BCUT2D eigenvalue weighted by atomic mass is 16.5. The van der Waals surface area contributed by atoms with Gasteiger partial charge in [-0.05, 0) is 36.5 Å². The standard InChI is InChI=1S/C13H16O/c1-3-11-12-7-5-4-6-10(12)8-9-13(11)14-2/h5,7-9H,3-4,6H2,1-2H3. The summed E-state index contributed by atoms with van der Waals surface area (Å²) in [6, 6.07) is 4.29. The van der Waals surface area contributed by atoms with Crippen molar-refractivity contribution < 1.29 is 4.74 Å². The first kappa shape index (κ1) is 9.32. The maximum absolute atomic E-state index is 5.37. The van der Waals surface area contributed by atoms with Gasteiger partial charge in [0, 0.05) is 5.56 Å². The summed E-state index contributed by atoms with van der Waals surface area (Å²) < 4.78 is 5.37. The van der Waals surface area contributed by atoms with E-state index in [-0.39, 0.29) is 0 Å². The van der Waals surface area contributed by atoms with Crippen molar-refractivity contribution in [2.75, 3.05) is 7.11 Å². The second-order valence-electron chi connectivity index (χ2n) is 3.61. The van der Waals surface area contributed by atoms with E-state index in [1.54, 1.807) is 7.11 Å². The van der Waals surface area contributed by atoms with Gasteiger partial charge in [-0.3, -0.25) is 0 Å². The average Bonchev–Trinajstić information content (AvgIpc) is 2.27. The molecule has 0 N–H and O–H groups in total. The maximum Gasteiger partial charge on any atom is 0.122 e. The molecule has 1 aromatic rings. The monoisotopic (exact) mass is 188 g/mol. The smallest absolute Gasteiger partial charge is 0.122 e. The minimum Gasteiger partial charge on any atom is -0.496 e. The van der Waals surface area contributed by atoms with Crippen molar-refractivity contribution in [3.05, 3.63) is 34.9 Å². The van der Waals surface area contributed by atoms with Gasteiger partial charge in [0.15, 0.2) is 0 Å². The van der Waals surface area contributed by atoms with E-state index < -0.39 is 0 Å². The van der Waals surface area contributed by atoms with E-state index in [4.69, 9.17) is 4.74 Å². The maximum atomic E-state index is 5.37. The van der Waals surface area contributed by atoms with Crippen LogP contribution in [-0.2, 0) is 12.8 Å². The molecule has 0 atom stereocenters. The summed E-state index contributed by atoms with van der Waals surface area (Å²) in [5.74, 6) is 1.03. The van der Waals surface area contributed by atoms with Crippen molar-refractivity contribution in [3.63, 3.8) is 0 Å². The van der Waals surface area contributed by atoms with Crippen molar-refractivity contribution in [3.8, 4) is 5.75 Å². The molecule has 0 spiro atoms. The zero-order valence-corrected chi connectivity index (χ0v) is 8.84. The fourth-order valence-electron chi connectivity index (χ4n) is 2.11. The molecule has 1 heteroatoms. The predicted molar refractivity (Wildman–Crippen MR) is 59.7 cm³/mol. The molecular formula is C13H16O. The Hall–Kier alpha value is -1.24. The number of hydrogen-bond donors (Lipinski definition) is 0. The zero-order chi connectivity index (χ0) is 9.97. The lowest BCUT2D eigenvalue weighted by Gasteiger charge is -2.17. The molecule has 0 radical (unpaired) electrons. The summed E-state index contributed by atoms with van der Waals surface area (Å²) in [7, 11) is 1.74. The number of ether oxygens (including phenoxy) is 1. The van der Waals surface area contributed by atoms with Crippen LogP contribution >= 0.6 is 0 Å². The molecule has 1 aliphatic carbocycles. The second kappa shape index (κ2) is 3.87. The summed E-state index contributed by atoms with van der Waals surface area (Å²) in [5, 5.41) is 0. The number of aryl methyl sites for hydroxylation is 1. The fourth-order valence-corrected chi connectivity index (χ4v) is 2.11. The van der Waals surface area contributed by atoms with E-state index in [2.05, 4.69) is 31.2 Å². The van der Waals surface area contributed by atoms with Crippen molar-refractivity contribution in [1.82, 2.24) is 0 Å². The number of hydrogen-bond acceptors (Lipinski definition) is 1. The van der Waals surface area contributed by atoms with Gasteiger partial charge in [0.1, 0.15) is 5.75 Å². The first-order valence-corrected chi connectivity index (χ1v) is 5.22. The van der Waals surface area contributed by atoms with Crippen LogP contribution in [0, 0.1) is 0 Å². The summed E-state index contributed by atoms with van der Waals surface area (Å²) in [6.07, 6.45) is 7.86. The molecule has 0 amide bonds. The molecular weight excluding hydrogens is 172 g/mol. The number of allylic oxidation sites excluding steroid dienone is 1. The van der Waals surface area contributed by atoms with Crippen LogP contribution in [0.1, 0.15) is 30.0 Å². The van der Waals surface area contributed by atoms with Crippen molar-refractivity contribution in [2.24, 2.45) is 0 Å². The van der Waals surface area contributed by atoms with E-state index in [9.17, 15) is 0 Å². The lowest BCUT2D eigenvalue weighted by atomic mass is 9.91. The van der Waals surface area contributed by atoms with E-state index in [0.717, 1.165) is 12.2 Å². The molecule has 0 heterocycles. The van der Waals surface area contributed by atoms with Gasteiger partial charge >= 0.3 is 0 Å². The normalized spacial score (nSPS) is 13.9. The Morgan fingerprint density at radius 3 is 2.93 bits per heavy atom. The lowest BCUT2D eigenvalue weighted by molar-refractivity contribution is 0.409. The largest absolute Gasteiger partial charge is 0.496 e. The zero-order valence-electron chi connectivity index (χ0n) is 8.84. The SMILES string of the molecule is CCc1c(OC)ccc2c1C=CCC2. The number of rotatable bonds is 2. The van der Waals surface area contributed by atoms with Crippen LogP contribution in [0.15, 0.2) is 18.2 Å². The molecule has 0 aromatic heterocycles. The van der Waals surface area contributed by atoms with E-state index in [1.807, 2.05) is 0 Å². The van der Waals surface area contributed by atoms with Crippen LogP contribution in [0.3, 0.4) is 0 Å². The fraction of sp³-hybridized carbons (Fsp3) is 0.385. The summed E-state index contributed by atoms with van der Waals surface area (Å²) in [4.78, 5) is 0. The molecule has 0 bridgehead atoms. The molecule has 74 valence electrons. The van der Waals surface area contributed by atoms with Crippen molar-refractivity contribution in [2.45, 2.75) is 26.2 Å². The highest BCUT2D eigenvalue weighted by molar-refractivity contribution is 5.63. The first-order chi connectivity index (χ1) is 6.86. The molecule has 0 saturated carbocycles. The van der Waals surface area contributed by atoms with Crippen LogP contribution in [-0.4, -0.2) is 7.11 Å². The molecule has 0 fully saturated rings. The molecule has 0 saturated heterocycles. The van der Waals surface area contributed by atoms with Gasteiger partial charge in [0.25, 0.3) is 0 Å². The molecule has 1 aromatic carbocycles. The highest BCUT2D eigenvalue weighted by Gasteiger charge is 2.11. The van der Waals surface area contributed by atoms with Crippen LogP contribution in [0.2, 0.25) is 0 Å².